The minimum absolute atomic E-state index is 0.0121. The lowest BCUT2D eigenvalue weighted by molar-refractivity contribution is -0.127. The topological polar surface area (TPSA) is 41.6 Å². The molecule has 1 saturated heterocycles. The molecule has 0 spiro atoms. The van der Waals surface area contributed by atoms with Crippen LogP contribution in [0.15, 0.2) is 48.5 Å². The van der Waals surface area contributed by atoms with Crippen molar-refractivity contribution in [1.29, 1.82) is 0 Å². The summed E-state index contributed by atoms with van der Waals surface area (Å²) in [5, 5.41) is 3.90. The van der Waals surface area contributed by atoms with Crippen molar-refractivity contribution in [1.82, 2.24) is 10.2 Å². The van der Waals surface area contributed by atoms with Gasteiger partial charge in [-0.05, 0) is 57.0 Å². The van der Waals surface area contributed by atoms with Crippen LogP contribution in [-0.4, -0.2) is 36.5 Å². The zero-order valence-electron chi connectivity index (χ0n) is 16.7. The van der Waals surface area contributed by atoms with Crippen molar-refractivity contribution in [2.75, 3.05) is 19.7 Å². The third kappa shape index (κ3) is 5.98. The Bertz CT molecular complexity index is 778. The van der Waals surface area contributed by atoms with Crippen molar-refractivity contribution in [3.8, 4) is 5.75 Å². The van der Waals surface area contributed by atoms with Crippen molar-refractivity contribution in [2.24, 2.45) is 5.92 Å². The lowest BCUT2D eigenvalue weighted by atomic mass is 9.96. The van der Waals surface area contributed by atoms with Crippen LogP contribution in [-0.2, 0) is 11.3 Å². The number of benzene rings is 2. The molecule has 150 valence electrons. The monoisotopic (exact) mass is 400 g/mol. The van der Waals surface area contributed by atoms with E-state index in [0.29, 0.717) is 6.61 Å². The third-order valence-corrected chi connectivity index (χ3v) is 5.51. The number of halogens is 1. The molecule has 0 bridgehead atoms. The molecule has 2 aromatic carbocycles. The molecule has 0 aromatic heterocycles. The van der Waals surface area contributed by atoms with Crippen molar-refractivity contribution >= 4 is 17.5 Å². The van der Waals surface area contributed by atoms with E-state index >= 15 is 0 Å². The normalized spacial score (nSPS) is 18.5. The van der Waals surface area contributed by atoms with Crippen LogP contribution in [0.3, 0.4) is 0 Å². The average molecular weight is 401 g/mol. The third-order valence-electron chi connectivity index (χ3n) is 5.14. The first-order valence-electron chi connectivity index (χ1n) is 9.97. The van der Waals surface area contributed by atoms with Gasteiger partial charge in [-0.2, -0.15) is 0 Å². The number of likely N-dealkylation sites (tertiary alicyclic amines) is 1. The molecule has 2 atom stereocenters. The van der Waals surface area contributed by atoms with Gasteiger partial charge in [-0.15, -0.1) is 0 Å². The average Bonchev–Trinajstić information content (AvgIpc) is 2.69. The van der Waals surface area contributed by atoms with Crippen molar-refractivity contribution in [3.05, 3.63) is 64.7 Å². The maximum absolute atomic E-state index is 12.7. The minimum Gasteiger partial charge on any atom is -0.491 e. The van der Waals surface area contributed by atoms with Gasteiger partial charge in [0.15, 0.2) is 0 Å². The molecule has 0 saturated carbocycles. The summed E-state index contributed by atoms with van der Waals surface area (Å²) in [6, 6.07) is 15.8. The fraction of sp³-hybridized carbons (Fsp3) is 0.435. The second-order valence-electron chi connectivity index (χ2n) is 7.70. The highest BCUT2D eigenvalue weighted by Crippen LogP contribution is 2.22. The quantitative estimate of drug-likeness (QED) is 0.746. The lowest BCUT2D eigenvalue weighted by Crippen LogP contribution is -2.46. The molecule has 1 aliphatic heterocycles. The summed E-state index contributed by atoms with van der Waals surface area (Å²) < 4.78 is 5.78. The Labute approximate surface area is 172 Å². The van der Waals surface area contributed by atoms with E-state index in [2.05, 4.69) is 16.3 Å². The second kappa shape index (κ2) is 9.94. The molecule has 1 heterocycles. The summed E-state index contributed by atoms with van der Waals surface area (Å²) in [6.45, 7) is 7.05. The van der Waals surface area contributed by atoms with Crippen LogP contribution in [0.1, 0.15) is 30.9 Å². The first kappa shape index (κ1) is 20.7. The van der Waals surface area contributed by atoms with Gasteiger partial charge in [-0.1, -0.05) is 47.5 Å². The first-order valence-corrected chi connectivity index (χ1v) is 10.3. The van der Waals surface area contributed by atoms with Gasteiger partial charge < -0.3 is 10.1 Å². The van der Waals surface area contributed by atoms with E-state index in [1.54, 1.807) is 0 Å². The fourth-order valence-corrected chi connectivity index (χ4v) is 3.73. The van der Waals surface area contributed by atoms with Crippen molar-refractivity contribution in [2.45, 2.75) is 39.3 Å². The van der Waals surface area contributed by atoms with Gasteiger partial charge in [0.2, 0.25) is 5.91 Å². The molecule has 1 amide bonds. The number of nitrogens with zero attached hydrogens (tertiary/aromatic N) is 1. The van der Waals surface area contributed by atoms with Crippen LogP contribution < -0.4 is 10.1 Å². The Balaban J connectivity index is 1.46. The van der Waals surface area contributed by atoms with Gasteiger partial charge in [-0.3, -0.25) is 9.69 Å². The smallest absolute Gasteiger partial charge is 0.224 e. The van der Waals surface area contributed by atoms with Crippen LogP contribution in [0.4, 0.5) is 0 Å². The van der Waals surface area contributed by atoms with Crippen LogP contribution in [0.25, 0.3) is 0 Å². The van der Waals surface area contributed by atoms with Gasteiger partial charge >= 0.3 is 0 Å². The molecule has 5 heteroatoms. The molecule has 1 fully saturated rings. The Morgan fingerprint density at radius 1 is 1.25 bits per heavy atom. The van der Waals surface area contributed by atoms with E-state index in [4.69, 9.17) is 16.3 Å². The summed E-state index contributed by atoms with van der Waals surface area (Å²) in [5.74, 6) is 0.956. The van der Waals surface area contributed by atoms with Gasteiger partial charge in [0.1, 0.15) is 12.4 Å². The molecule has 2 aromatic rings. The summed E-state index contributed by atoms with van der Waals surface area (Å²) in [7, 11) is 0. The lowest BCUT2D eigenvalue weighted by Gasteiger charge is -2.32. The molecular formula is C23H29ClN2O2. The number of hydrogen-bond donors (Lipinski definition) is 1. The van der Waals surface area contributed by atoms with Crippen LogP contribution in [0.5, 0.6) is 5.75 Å². The van der Waals surface area contributed by atoms with Gasteiger partial charge in [0, 0.05) is 18.1 Å². The molecular weight excluding hydrogens is 372 g/mol. The molecule has 0 radical (unpaired) electrons. The van der Waals surface area contributed by atoms with Gasteiger partial charge in [0.05, 0.1) is 12.0 Å². The van der Waals surface area contributed by atoms with E-state index < -0.39 is 0 Å². The number of hydrogen-bond acceptors (Lipinski definition) is 3. The highest BCUT2D eigenvalue weighted by Gasteiger charge is 2.26. The SMILES string of the molecule is Cc1ccc(OC[C@H](C)NC(=O)[C@H]2CCCN(Cc3ccccc3Cl)C2)cc1. The fourth-order valence-electron chi connectivity index (χ4n) is 3.54. The number of aryl methyl sites for hydroxylation is 1. The number of nitrogens with one attached hydrogen (secondary N) is 1. The van der Waals surface area contributed by atoms with E-state index in [1.807, 2.05) is 56.3 Å². The number of ether oxygens (including phenoxy) is 1. The van der Waals surface area contributed by atoms with Crippen molar-refractivity contribution < 1.29 is 9.53 Å². The Kier molecular flexibility index (Phi) is 7.35. The highest BCUT2D eigenvalue weighted by molar-refractivity contribution is 6.31. The largest absolute Gasteiger partial charge is 0.491 e. The summed E-state index contributed by atoms with van der Waals surface area (Å²) in [4.78, 5) is 15.0. The molecule has 1 aliphatic rings. The summed E-state index contributed by atoms with van der Waals surface area (Å²) in [6.07, 6.45) is 1.95. The number of rotatable bonds is 7. The van der Waals surface area contributed by atoms with E-state index in [1.165, 1.54) is 5.56 Å². The van der Waals surface area contributed by atoms with Crippen LogP contribution in [0, 0.1) is 12.8 Å². The Morgan fingerprint density at radius 2 is 2.00 bits per heavy atom. The minimum atomic E-state index is -0.0345. The molecule has 1 N–H and O–H groups in total. The molecule has 28 heavy (non-hydrogen) atoms. The number of carbonyl (C=O) groups excluding carboxylic acids is 1. The number of amides is 1. The maximum atomic E-state index is 12.7. The zero-order chi connectivity index (χ0) is 19.9. The van der Waals surface area contributed by atoms with Gasteiger partial charge in [-0.25, -0.2) is 0 Å². The van der Waals surface area contributed by atoms with E-state index in [9.17, 15) is 4.79 Å². The van der Waals surface area contributed by atoms with E-state index in [-0.39, 0.29) is 17.9 Å². The summed E-state index contributed by atoms with van der Waals surface area (Å²) in [5.41, 5.74) is 2.32. The zero-order valence-corrected chi connectivity index (χ0v) is 17.4. The van der Waals surface area contributed by atoms with Gasteiger partial charge in [0.25, 0.3) is 0 Å². The Hall–Kier alpha value is -2.04. The van der Waals surface area contributed by atoms with Crippen LogP contribution >= 0.6 is 11.6 Å². The Morgan fingerprint density at radius 3 is 2.75 bits per heavy atom. The van der Waals surface area contributed by atoms with Crippen LogP contribution in [0.2, 0.25) is 5.02 Å². The molecule has 3 rings (SSSR count). The molecule has 0 aliphatic carbocycles. The first-order chi connectivity index (χ1) is 13.5. The predicted octanol–water partition coefficient (Wildman–Crippen LogP) is 4.44. The molecule has 4 nitrogen and oxygen atoms in total. The second-order valence-corrected chi connectivity index (χ2v) is 8.11. The predicted molar refractivity (Wildman–Crippen MR) is 114 cm³/mol. The summed E-state index contributed by atoms with van der Waals surface area (Å²) >= 11 is 6.29. The maximum Gasteiger partial charge on any atom is 0.224 e. The molecule has 0 unspecified atom stereocenters. The number of carbonyl (C=O) groups is 1. The van der Waals surface area contributed by atoms with E-state index in [0.717, 1.165) is 48.8 Å². The van der Waals surface area contributed by atoms with Crippen molar-refractivity contribution in [3.63, 3.8) is 0 Å². The standard InChI is InChI=1S/C23H29ClN2O2/c1-17-9-11-21(12-10-17)28-16-18(2)25-23(27)20-7-5-13-26(15-20)14-19-6-3-4-8-22(19)24/h3-4,6,8-12,18,20H,5,7,13-16H2,1-2H3,(H,25,27)/t18-,20-/m0/s1. The highest BCUT2D eigenvalue weighted by atomic mass is 35.5. The number of piperidine rings is 1.